The molecular formula is C17H25NO10. The topological polar surface area (TPSA) is 144 Å². The average molecular weight is 403 g/mol. The molecule has 158 valence electrons. The third-order valence-corrected chi connectivity index (χ3v) is 3.62. The van der Waals surface area contributed by atoms with Crippen LogP contribution in [0.4, 0.5) is 0 Å². The van der Waals surface area contributed by atoms with Crippen LogP contribution in [0.3, 0.4) is 0 Å². The summed E-state index contributed by atoms with van der Waals surface area (Å²) in [5.74, 6) is -3.25. The largest absolute Gasteiger partial charge is 0.463 e. The number of ether oxygens (including phenoxy) is 5. The smallest absolute Gasteiger partial charge is 0.303 e. The zero-order chi connectivity index (χ0) is 21.4. The van der Waals surface area contributed by atoms with E-state index in [0.29, 0.717) is 0 Å². The molecule has 1 fully saturated rings. The Bertz CT molecular complexity index is 619. The van der Waals surface area contributed by atoms with Gasteiger partial charge < -0.3 is 29.0 Å². The number of nitrogens with one attached hydrogen (secondary N) is 1. The molecule has 11 heteroatoms. The summed E-state index contributed by atoms with van der Waals surface area (Å²) in [6.07, 6.45) is -6.07. The van der Waals surface area contributed by atoms with Crippen LogP contribution in [-0.2, 0) is 47.7 Å². The Morgan fingerprint density at radius 3 is 1.75 bits per heavy atom. The second-order valence-corrected chi connectivity index (χ2v) is 6.04. The van der Waals surface area contributed by atoms with Crippen LogP contribution in [0, 0.1) is 0 Å². The highest BCUT2D eigenvalue weighted by Crippen LogP contribution is 2.28. The summed E-state index contributed by atoms with van der Waals surface area (Å²) in [4.78, 5) is 57.8. The standard InChI is InChI=1S/C17H25NO10/c1-6-13(23)18-17-16(27-11(5)22)15(26-10(4)21)14(25-9(3)20)12(28-17)7-24-8(2)19/h12,14-17H,6-7H2,1-5H3,(H,18,23)/t12-,14-,15+,16-,17-/m1/s1. The van der Waals surface area contributed by atoms with Crippen LogP contribution in [0.25, 0.3) is 0 Å². The molecule has 0 bridgehead atoms. The second-order valence-electron chi connectivity index (χ2n) is 6.04. The molecular weight excluding hydrogens is 378 g/mol. The zero-order valence-electron chi connectivity index (χ0n) is 16.4. The van der Waals surface area contributed by atoms with Crippen molar-refractivity contribution in [2.24, 2.45) is 0 Å². The molecule has 1 rings (SSSR count). The lowest BCUT2D eigenvalue weighted by Gasteiger charge is -2.44. The maximum atomic E-state index is 11.9. The van der Waals surface area contributed by atoms with Gasteiger partial charge in [0, 0.05) is 34.1 Å². The van der Waals surface area contributed by atoms with Crippen LogP contribution >= 0.6 is 0 Å². The highest BCUT2D eigenvalue weighted by Gasteiger charge is 2.52. The van der Waals surface area contributed by atoms with Gasteiger partial charge in [-0.25, -0.2) is 0 Å². The molecule has 0 radical (unpaired) electrons. The van der Waals surface area contributed by atoms with Crippen LogP contribution in [0.5, 0.6) is 0 Å². The van der Waals surface area contributed by atoms with Crippen molar-refractivity contribution in [3.63, 3.8) is 0 Å². The molecule has 1 aliphatic heterocycles. The van der Waals surface area contributed by atoms with Gasteiger partial charge in [0.1, 0.15) is 12.7 Å². The molecule has 0 aromatic carbocycles. The molecule has 1 heterocycles. The fourth-order valence-corrected chi connectivity index (χ4v) is 2.61. The molecule has 1 N–H and O–H groups in total. The lowest BCUT2D eigenvalue weighted by atomic mass is 9.97. The van der Waals surface area contributed by atoms with Crippen molar-refractivity contribution < 1.29 is 47.7 Å². The van der Waals surface area contributed by atoms with Gasteiger partial charge in [0.25, 0.3) is 0 Å². The predicted octanol–water partition coefficient (Wildman–Crippen LogP) is -0.404. The van der Waals surface area contributed by atoms with E-state index in [9.17, 15) is 24.0 Å². The second kappa shape index (κ2) is 10.6. The van der Waals surface area contributed by atoms with Gasteiger partial charge >= 0.3 is 23.9 Å². The van der Waals surface area contributed by atoms with Crippen molar-refractivity contribution in [3.8, 4) is 0 Å². The summed E-state index contributed by atoms with van der Waals surface area (Å²) in [7, 11) is 0. The van der Waals surface area contributed by atoms with Gasteiger partial charge in [-0.1, -0.05) is 6.92 Å². The van der Waals surface area contributed by atoms with Crippen LogP contribution in [-0.4, -0.2) is 67.0 Å². The van der Waals surface area contributed by atoms with E-state index in [-0.39, 0.29) is 13.0 Å². The summed E-state index contributed by atoms with van der Waals surface area (Å²) in [6, 6.07) is 0. The quantitative estimate of drug-likeness (QED) is 0.440. The van der Waals surface area contributed by atoms with Gasteiger partial charge in [-0.05, 0) is 0 Å². The lowest BCUT2D eigenvalue weighted by molar-refractivity contribution is -0.256. The van der Waals surface area contributed by atoms with Crippen LogP contribution in [0.15, 0.2) is 0 Å². The van der Waals surface area contributed by atoms with Crippen LogP contribution in [0.2, 0.25) is 0 Å². The minimum Gasteiger partial charge on any atom is -0.463 e. The van der Waals surface area contributed by atoms with Gasteiger partial charge in [0.15, 0.2) is 24.5 Å². The van der Waals surface area contributed by atoms with Gasteiger partial charge in [0.2, 0.25) is 5.91 Å². The normalized spacial score (nSPS) is 26.5. The monoisotopic (exact) mass is 403 g/mol. The van der Waals surface area contributed by atoms with E-state index >= 15 is 0 Å². The van der Waals surface area contributed by atoms with E-state index in [0.717, 1.165) is 20.8 Å². The molecule has 0 unspecified atom stereocenters. The highest BCUT2D eigenvalue weighted by atomic mass is 16.7. The molecule has 0 aromatic rings. The Kier molecular flexibility index (Phi) is 8.83. The van der Waals surface area contributed by atoms with E-state index in [4.69, 9.17) is 23.7 Å². The summed E-state index contributed by atoms with van der Waals surface area (Å²) < 4.78 is 26.3. The summed E-state index contributed by atoms with van der Waals surface area (Å²) in [6.45, 7) is 5.78. The number of carbonyl (C=O) groups is 5. The SMILES string of the molecule is CCC(=O)N[C@@H]1O[C@H](COC(C)=O)[C@@H](OC(C)=O)[C@H](OC(C)=O)[C@H]1OC(C)=O. The predicted molar refractivity (Wildman–Crippen MR) is 90.4 cm³/mol. The van der Waals surface area contributed by atoms with Crippen molar-refractivity contribution in [1.29, 1.82) is 0 Å². The van der Waals surface area contributed by atoms with E-state index < -0.39 is 60.4 Å². The molecule has 0 spiro atoms. The molecule has 1 aliphatic rings. The molecule has 1 amide bonds. The molecule has 0 aliphatic carbocycles. The van der Waals surface area contributed by atoms with Crippen molar-refractivity contribution in [1.82, 2.24) is 5.32 Å². The number of hydrogen-bond donors (Lipinski definition) is 1. The molecule has 0 aromatic heterocycles. The van der Waals surface area contributed by atoms with Crippen molar-refractivity contribution in [3.05, 3.63) is 0 Å². The van der Waals surface area contributed by atoms with Crippen LogP contribution in [0.1, 0.15) is 41.0 Å². The highest BCUT2D eigenvalue weighted by molar-refractivity contribution is 5.76. The Morgan fingerprint density at radius 1 is 0.786 bits per heavy atom. The maximum Gasteiger partial charge on any atom is 0.303 e. The minimum absolute atomic E-state index is 0.104. The van der Waals surface area contributed by atoms with Gasteiger partial charge in [-0.3, -0.25) is 24.0 Å². The number of hydrogen-bond acceptors (Lipinski definition) is 10. The fourth-order valence-electron chi connectivity index (χ4n) is 2.61. The summed E-state index contributed by atoms with van der Waals surface area (Å²) in [5.41, 5.74) is 0. The van der Waals surface area contributed by atoms with E-state index in [1.807, 2.05) is 0 Å². The molecule has 28 heavy (non-hydrogen) atoms. The van der Waals surface area contributed by atoms with Crippen molar-refractivity contribution in [2.75, 3.05) is 6.61 Å². The minimum atomic E-state index is -1.30. The maximum absolute atomic E-state index is 11.9. The lowest BCUT2D eigenvalue weighted by Crippen LogP contribution is -2.66. The third kappa shape index (κ3) is 7.14. The van der Waals surface area contributed by atoms with E-state index in [1.54, 1.807) is 6.92 Å². The molecule has 11 nitrogen and oxygen atoms in total. The van der Waals surface area contributed by atoms with Crippen LogP contribution < -0.4 is 5.32 Å². The van der Waals surface area contributed by atoms with Gasteiger partial charge in [-0.2, -0.15) is 0 Å². The van der Waals surface area contributed by atoms with Crippen molar-refractivity contribution >= 4 is 29.8 Å². The first-order valence-corrected chi connectivity index (χ1v) is 8.65. The summed E-state index contributed by atoms with van der Waals surface area (Å²) >= 11 is 0. The Labute approximate surface area is 161 Å². The number of carbonyl (C=O) groups excluding carboxylic acids is 5. The number of amides is 1. The molecule has 1 saturated heterocycles. The number of rotatable bonds is 7. The first-order valence-electron chi connectivity index (χ1n) is 8.65. The average Bonchev–Trinajstić information content (AvgIpc) is 2.57. The molecule has 0 saturated carbocycles. The first-order chi connectivity index (χ1) is 13.0. The number of esters is 4. The third-order valence-electron chi connectivity index (χ3n) is 3.62. The molecule has 5 atom stereocenters. The Balaban J connectivity index is 3.30. The Morgan fingerprint density at radius 2 is 1.29 bits per heavy atom. The first kappa shape index (κ1) is 23.3. The van der Waals surface area contributed by atoms with Crippen molar-refractivity contribution in [2.45, 2.75) is 71.7 Å². The zero-order valence-corrected chi connectivity index (χ0v) is 16.4. The van der Waals surface area contributed by atoms with Gasteiger partial charge in [-0.15, -0.1) is 0 Å². The summed E-state index contributed by atoms with van der Waals surface area (Å²) in [5, 5.41) is 2.51. The van der Waals surface area contributed by atoms with Gasteiger partial charge in [0.05, 0.1) is 0 Å². The van der Waals surface area contributed by atoms with E-state index in [1.165, 1.54) is 6.92 Å². The van der Waals surface area contributed by atoms with E-state index in [2.05, 4.69) is 5.32 Å². The Hall–Kier alpha value is -2.69. The fraction of sp³-hybridized carbons (Fsp3) is 0.706.